The lowest BCUT2D eigenvalue weighted by Crippen LogP contribution is -2.22. The van der Waals surface area contributed by atoms with Crippen molar-refractivity contribution in [3.63, 3.8) is 0 Å². The standard InChI is InChI=1S/C12H15FN2O2/c13-12-9-11(15(16)17)4-3-10(12)5-8-14-6-1-2-7-14/h3-4,9H,1-2,5-8H2. The molecule has 0 aliphatic carbocycles. The predicted molar refractivity (Wildman–Crippen MR) is 62.4 cm³/mol. The third-order valence-corrected chi connectivity index (χ3v) is 3.14. The maximum absolute atomic E-state index is 13.6. The van der Waals surface area contributed by atoms with E-state index < -0.39 is 10.7 Å². The molecule has 1 fully saturated rings. The molecule has 1 aromatic rings. The average Bonchev–Trinajstić information content (AvgIpc) is 2.80. The molecule has 1 saturated heterocycles. The van der Waals surface area contributed by atoms with E-state index in [1.807, 2.05) is 0 Å². The second-order valence-corrected chi connectivity index (χ2v) is 4.33. The number of nitro groups is 1. The van der Waals surface area contributed by atoms with Gasteiger partial charge < -0.3 is 4.90 Å². The third-order valence-electron chi connectivity index (χ3n) is 3.14. The lowest BCUT2D eigenvalue weighted by molar-refractivity contribution is -0.385. The average molecular weight is 238 g/mol. The highest BCUT2D eigenvalue weighted by molar-refractivity contribution is 5.34. The summed E-state index contributed by atoms with van der Waals surface area (Å²) < 4.78 is 13.6. The molecule has 1 heterocycles. The number of hydrogen-bond acceptors (Lipinski definition) is 3. The molecule has 0 spiro atoms. The van der Waals surface area contributed by atoms with E-state index in [1.165, 1.54) is 25.0 Å². The SMILES string of the molecule is O=[N+]([O-])c1ccc(CCN2CCCC2)c(F)c1. The van der Waals surface area contributed by atoms with Gasteiger partial charge in [-0.05, 0) is 44.0 Å². The zero-order valence-corrected chi connectivity index (χ0v) is 9.56. The van der Waals surface area contributed by atoms with Gasteiger partial charge in [-0.2, -0.15) is 0 Å². The Bertz CT molecular complexity index is 417. The predicted octanol–water partition coefficient (Wildman–Crippen LogP) is 2.37. The number of nitro benzene ring substituents is 1. The second kappa shape index (κ2) is 5.23. The number of non-ortho nitro benzene ring substituents is 1. The Balaban J connectivity index is 1.98. The zero-order chi connectivity index (χ0) is 12.3. The summed E-state index contributed by atoms with van der Waals surface area (Å²) in [5.74, 6) is -0.474. The minimum atomic E-state index is -0.576. The summed E-state index contributed by atoms with van der Waals surface area (Å²) >= 11 is 0. The molecule has 17 heavy (non-hydrogen) atoms. The molecule has 0 unspecified atom stereocenters. The van der Waals surface area contributed by atoms with Crippen molar-refractivity contribution in [2.24, 2.45) is 0 Å². The number of benzene rings is 1. The third kappa shape index (κ3) is 3.00. The highest BCUT2D eigenvalue weighted by Crippen LogP contribution is 2.17. The molecule has 0 aromatic heterocycles. The highest BCUT2D eigenvalue weighted by atomic mass is 19.1. The smallest absolute Gasteiger partial charge is 0.272 e. The molecule has 5 heteroatoms. The molecular weight excluding hydrogens is 223 g/mol. The second-order valence-electron chi connectivity index (χ2n) is 4.33. The van der Waals surface area contributed by atoms with Gasteiger partial charge in [-0.25, -0.2) is 4.39 Å². The van der Waals surface area contributed by atoms with Crippen molar-refractivity contribution in [3.05, 3.63) is 39.7 Å². The van der Waals surface area contributed by atoms with Gasteiger partial charge in [-0.15, -0.1) is 0 Å². The summed E-state index contributed by atoms with van der Waals surface area (Å²) in [7, 11) is 0. The Morgan fingerprint density at radius 1 is 1.35 bits per heavy atom. The van der Waals surface area contributed by atoms with Crippen molar-refractivity contribution in [3.8, 4) is 0 Å². The van der Waals surface area contributed by atoms with Crippen LogP contribution in [0.25, 0.3) is 0 Å². The lowest BCUT2D eigenvalue weighted by atomic mass is 10.1. The van der Waals surface area contributed by atoms with Crippen molar-refractivity contribution in [1.82, 2.24) is 4.90 Å². The zero-order valence-electron chi connectivity index (χ0n) is 9.56. The van der Waals surface area contributed by atoms with Gasteiger partial charge in [0.25, 0.3) is 5.69 Å². The van der Waals surface area contributed by atoms with Crippen LogP contribution in [0.1, 0.15) is 18.4 Å². The summed E-state index contributed by atoms with van der Waals surface area (Å²) in [6.07, 6.45) is 3.04. The van der Waals surface area contributed by atoms with E-state index in [-0.39, 0.29) is 5.69 Å². The minimum Gasteiger partial charge on any atom is -0.303 e. The van der Waals surface area contributed by atoms with Crippen molar-refractivity contribution < 1.29 is 9.31 Å². The number of rotatable bonds is 4. The van der Waals surface area contributed by atoms with E-state index in [2.05, 4.69) is 4.90 Å². The quantitative estimate of drug-likeness (QED) is 0.597. The van der Waals surface area contributed by atoms with Crippen molar-refractivity contribution in [2.75, 3.05) is 19.6 Å². The van der Waals surface area contributed by atoms with Gasteiger partial charge in [0.2, 0.25) is 0 Å². The molecule has 0 amide bonds. The molecule has 0 bridgehead atoms. The summed E-state index contributed by atoms with van der Waals surface area (Å²) in [5, 5.41) is 10.5. The first kappa shape index (κ1) is 12.0. The van der Waals surface area contributed by atoms with Crippen LogP contribution < -0.4 is 0 Å². The summed E-state index contributed by atoms with van der Waals surface area (Å²) in [5.41, 5.74) is 0.370. The maximum Gasteiger partial charge on any atom is 0.272 e. The van der Waals surface area contributed by atoms with Crippen LogP contribution in [0, 0.1) is 15.9 Å². The lowest BCUT2D eigenvalue weighted by Gasteiger charge is -2.14. The molecule has 1 aliphatic heterocycles. The first-order valence-electron chi connectivity index (χ1n) is 5.82. The number of nitrogens with zero attached hydrogens (tertiary/aromatic N) is 2. The van der Waals surface area contributed by atoms with Crippen LogP contribution in [0.15, 0.2) is 18.2 Å². The Morgan fingerprint density at radius 3 is 2.65 bits per heavy atom. The molecule has 0 N–H and O–H groups in total. The van der Waals surface area contributed by atoms with Crippen molar-refractivity contribution >= 4 is 5.69 Å². The summed E-state index contributed by atoms with van der Waals surface area (Å²) in [4.78, 5) is 12.2. The topological polar surface area (TPSA) is 46.4 Å². The fraction of sp³-hybridized carbons (Fsp3) is 0.500. The van der Waals surface area contributed by atoms with Crippen LogP contribution in [0.4, 0.5) is 10.1 Å². The Morgan fingerprint density at radius 2 is 2.06 bits per heavy atom. The van der Waals surface area contributed by atoms with Crippen molar-refractivity contribution in [1.29, 1.82) is 0 Å². The molecule has 0 saturated carbocycles. The maximum atomic E-state index is 13.6. The van der Waals surface area contributed by atoms with Crippen molar-refractivity contribution in [2.45, 2.75) is 19.3 Å². The summed E-state index contributed by atoms with van der Waals surface area (Å²) in [6, 6.07) is 3.88. The monoisotopic (exact) mass is 238 g/mol. The number of halogens is 1. The molecule has 2 rings (SSSR count). The van der Waals surface area contributed by atoms with Crippen LogP contribution in [0.3, 0.4) is 0 Å². The van der Waals surface area contributed by atoms with E-state index in [0.29, 0.717) is 12.0 Å². The van der Waals surface area contributed by atoms with Gasteiger partial charge in [0.1, 0.15) is 5.82 Å². The highest BCUT2D eigenvalue weighted by Gasteiger charge is 2.14. The molecule has 4 nitrogen and oxygen atoms in total. The van der Waals surface area contributed by atoms with Gasteiger partial charge in [0, 0.05) is 12.6 Å². The van der Waals surface area contributed by atoms with Gasteiger partial charge in [-0.1, -0.05) is 0 Å². The van der Waals surface area contributed by atoms with E-state index in [1.54, 1.807) is 0 Å². The van der Waals surface area contributed by atoms with E-state index in [9.17, 15) is 14.5 Å². The van der Waals surface area contributed by atoms with E-state index >= 15 is 0 Å². The molecule has 1 aromatic carbocycles. The van der Waals surface area contributed by atoms with Crippen LogP contribution in [-0.2, 0) is 6.42 Å². The summed E-state index contributed by atoms with van der Waals surface area (Å²) in [6.45, 7) is 2.98. The molecular formula is C12H15FN2O2. The fourth-order valence-corrected chi connectivity index (χ4v) is 2.14. The molecule has 92 valence electrons. The Labute approximate surface area is 99.2 Å². The van der Waals surface area contributed by atoms with E-state index in [0.717, 1.165) is 25.7 Å². The van der Waals surface area contributed by atoms with Gasteiger partial charge >= 0.3 is 0 Å². The first-order valence-corrected chi connectivity index (χ1v) is 5.82. The minimum absolute atomic E-state index is 0.188. The number of hydrogen-bond donors (Lipinski definition) is 0. The van der Waals surface area contributed by atoms with Crippen LogP contribution >= 0.6 is 0 Å². The van der Waals surface area contributed by atoms with E-state index in [4.69, 9.17) is 0 Å². The molecule has 0 radical (unpaired) electrons. The first-order chi connectivity index (χ1) is 8.16. The van der Waals surface area contributed by atoms with Crippen LogP contribution in [-0.4, -0.2) is 29.5 Å². The van der Waals surface area contributed by atoms with Gasteiger partial charge in [0.15, 0.2) is 0 Å². The normalized spacial score (nSPS) is 16.3. The van der Waals surface area contributed by atoms with Gasteiger partial charge in [-0.3, -0.25) is 10.1 Å². The Kier molecular flexibility index (Phi) is 3.68. The fourth-order valence-electron chi connectivity index (χ4n) is 2.14. The molecule has 0 atom stereocenters. The number of likely N-dealkylation sites (tertiary alicyclic amines) is 1. The van der Waals surface area contributed by atoms with Gasteiger partial charge in [0.05, 0.1) is 11.0 Å². The van der Waals surface area contributed by atoms with Crippen LogP contribution in [0.2, 0.25) is 0 Å². The van der Waals surface area contributed by atoms with Crippen LogP contribution in [0.5, 0.6) is 0 Å². The Hall–Kier alpha value is -1.49. The molecule has 1 aliphatic rings. The largest absolute Gasteiger partial charge is 0.303 e.